The van der Waals surface area contributed by atoms with Crippen molar-refractivity contribution in [3.05, 3.63) is 89.4 Å². The van der Waals surface area contributed by atoms with Gasteiger partial charge in [0.25, 0.3) is 0 Å². The Morgan fingerprint density at radius 3 is 2.00 bits per heavy atom. The molecule has 126 valence electrons. The lowest BCUT2D eigenvalue weighted by Gasteiger charge is -2.15. The number of halogens is 1. The summed E-state index contributed by atoms with van der Waals surface area (Å²) in [6, 6.07) is 24.4. The number of rotatable bonds is 6. The third-order valence-corrected chi connectivity index (χ3v) is 4.10. The summed E-state index contributed by atoms with van der Waals surface area (Å²) in [4.78, 5) is 11.5. The molecule has 0 spiro atoms. The first kappa shape index (κ1) is 17.1. The van der Waals surface area contributed by atoms with Gasteiger partial charge in [-0.25, -0.2) is 4.79 Å². The Morgan fingerprint density at radius 1 is 0.880 bits per heavy atom. The van der Waals surface area contributed by atoms with E-state index in [0.29, 0.717) is 17.2 Å². The Balaban J connectivity index is 1.72. The first-order chi connectivity index (χ1) is 12.1. The van der Waals surface area contributed by atoms with Crippen LogP contribution in [0, 0.1) is 0 Å². The van der Waals surface area contributed by atoms with E-state index in [2.05, 4.69) is 0 Å². The van der Waals surface area contributed by atoms with Gasteiger partial charge < -0.3 is 9.84 Å². The number of carbonyl (C=O) groups is 1. The summed E-state index contributed by atoms with van der Waals surface area (Å²) in [5.74, 6) is -0.452. The second-order valence-electron chi connectivity index (χ2n) is 5.67. The summed E-state index contributed by atoms with van der Waals surface area (Å²) in [6.45, 7) is 0. The topological polar surface area (TPSA) is 46.5 Å². The molecule has 3 aromatic carbocycles. The van der Waals surface area contributed by atoms with E-state index in [1.807, 2.05) is 66.7 Å². The molecule has 0 saturated heterocycles. The summed E-state index contributed by atoms with van der Waals surface area (Å²) >= 11 is 5.90. The van der Waals surface area contributed by atoms with Crippen molar-refractivity contribution in [3.63, 3.8) is 0 Å². The lowest BCUT2D eigenvalue weighted by molar-refractivity contribution is -0.145. The molecule has 0 aromatic heterocycles. The molecule has 3 rings (SSSR count). The lowest BCUT2D eigenvalue weighted by Crippen LogP contribution is -2.29. The summed E-state index contributed by atoms with van der Waals surface area (Å²) in [7, 11) is 0. The van der Waals surface area contributed by atoms with Crippen LogP contribution in [0.1, 0.15) is 5.56 Å². The van der Waals surface area contributed by atoms with E-state index in [1.165, 1.54) is 0 Å². The second kappa shape index (κ2) is 7.86. The maximum absolute atomic E-state index is 11.5. The van der Waals surface area contributed by atoms with Crippen molar-refractivity contribution < 1.29 is 14.6 Å². The van der Waals surface area contributed by atoms with Crippen molar-refractivity contribution in [2.45, 2.75) is 12.5 Å². The Labute approximate surface area is 151 Å². The van der Waals surface area contributed by atoms with E-state index in [0.717, 1.165) is 16.7 Å². The Bertz CT molecular complexity index is 827. The fourth-order valence-electron chi connectivity index (χ4n) is 2.54. The molecule has 0 aliphatic heterocycles. The van der Waals surface area contributed by atoms with Gasteiger partial charge >= 0.3 is 5.97 Å². The van der Waals surface area contributed by atoms with E-state index < -0.39 is 12.1 Å². The highest BCUT2D eigenvalue weighted by Crippen LogP contribution is 2.24. The molecule has 4 heteroatoms. The van der Waals surface area contributed by atoms with E-state index >= 15 is 0 Å². The molecule has 0 heterocycles. The molecule has 0 saturated carbocycles. The highest BCUT2D eigenvalue weighted by atomic mass is 35.5. The number of aliphatic carboxylic acids is 1. The summed E-state index contributed by atoms with van der Waals surface area (Å²) in [5.41, 5.74) is 2.97. The summed E-state index contributed by atoms with van der Waals surface area (Å²) < 4.78 is 5.67. The third-order valence-electron chi connectivity index (χ3n) is 3.85. The molecule has 25 heavy (non-hydrogen) atoms. The van der Waals surface area contributed by atoms with Crippen LogP contribution in [0.5, 0.6) is 5.75 Å². The van der Waals surface area contributed by atoms with Crippen LogP contribution in [0.3, 0.4) is 0 Å². The number of carboxylic acid groups (broad SMARTS) is 1. The van der Waals surface area contributed by atoms with Crippen molar-refractivity contribution >= 4 is 17.6 Å². The fraction of sp³-hybridized carbons (Fsp3) is 0.0952. The molecule has 0 amide bonds. The smallest absolute Gasteiger partial charge is 0.345 e. The van der Waals surface area contributed by atoms with Gasteiger partial charge in [0, 0.05) is 11.4 Å². The van der Waals surface area contributed by atoms with Gasteiger partial charge in [0.05, 0.1) is 0 Å². The molecule has 3 nitrogen and oxygen atoms in total. The van der Waals surface area contributed by atoms with Crippen LogP contribution in [0.15, 0.2) is 78.9 Å². The predicted octanol–water partition coefficient (Wildman–Crippen LogP) is 5.08. The fourth-order valence-corrected chi connectivity index (χ4v) is 2.67. The van der Waals surface area contributed by atoms with Crippen molar-refractivity contribution in [3.8, 4) is 16.9 Å². The maximum atomic E-state index is 11.5. The maximum Gasteiger partial charge on any atom is 0.345 e. The monoisotopic (exact) mass is 352 g/mol. The van der Waals surface area contributed by atoms with Crippen molar-refractivity contribution in [2.75, 3.05) is 0 Å². The Kier molecular flexibility index (Phi) is 5.36. The van der Waals surface area contributed by atoms with Crippen LogP contribution in [0.4, 0.5) is 0 Å². The summed E-state index contributed by atoms with van der Waals surface area (Å²) in [6.07, 6.45) is -0.612. The van der Waals surface area contributed by atoms with Crippen LogP contribution < -0.4 is 4.74 Å². The van der Waals surface area contributed by atoms with Gasteiger partial charge in [-0.1, -0.05) is 66.2 Å². The molecule has 3 aromatic rings. The van der Waals surface area contributed by atoms with Crippen LogP contribution in [0.2, 0.25) is 5.02 Å². The van der Waals surface area contributed by atoms with Crippen molar-refractivity contribution in [2.24, 2.45) is 0 Å². The highest BCUT2D eigenvalue weighted by molar-refractivity contribution is 6.30. The minimum Gasteiger partial charge on any atom is -0.478 e. The number of hydrogen-bond donors (Lipinski definition) is 1. The summed E-state index contributed by atoms with van der Waals surface area (Å²) in [5, 5.41) is 10.1. The van der Waals surface area contributed by atoms with Crippen LogP contribution >= 0.6 is 11.6 Å². The van der Waals surface area contributed by atoms with Crippen LogP contribution in [-0.4, -0.2) is 17.2 Å². The average molecular weight is 353 g/mol. The Hall–Kier alpha value is -2.78. The van der Waals surface area contributed by atoms with Gasteiger partial charge in [-0.2, -0.15) is 0 Å². The number of carboxylic acids is 1. The quantitative estimate of drug-likeness (QED) is 0.672. The molecular formula is C21H17ClO3. The van der Waals surface area contributed by atoms with Gasteiger partial charge in [-0.3, -0.25) is 0 Å². The number of benzene rings is 3. The third kappa shape index (κ3) is 4.61. The standard InChI is InChI=1S/C21H17ClO3/c22-18-10-6-16(7-11-18)17-8-12-19(13-9-17)25-20(21(23)24)14-15-4-2-1-3-5-15/h1-13,20H,14H2,(H,23,24)/t20-/m0/s1. The van der Waals surface area contributed by atoms with Crippen molar-refractivity contribution in [1.82, 2.24) is 0 Å². The first-order valence-corrected chi connectivity index (χ1v) is 8.29. The first-order valence-electron chi connectivity index (χ1n) is 7.91. The molecular weight excluding hydrogens is 336 g/mol. The largest absolute Gasteiger partial charge is 0.478 e. The lowest BCUT2D eigenvalue weighted by atomic mass is 10.1. The van der Waals surface area contributed by atoms with Gasteiger partial charge in [0.1, 0.15) is 5.75 Å². The zero-order valence-electron chi connectivity index (χ0n) is 13.4. The van der Waals surface area contributed by atoms with Crippen molar-refractivity contribution in [1.29, 1.82) is 0 Å². The van der Waals surface area contributed by atoms with Crippen LogP contribution in [-0.2, 0) is 11.2 Å². The molecule has 0 aliphatic carbocycles. The second-order valence-corrected chi connectivity index (χ2v) is 6.10. The molecule has 0 radical (unpaired) electrons. The molecule has 1 N–H and O–H groups in total. The molecule has 0 fully saturated rings. The van der Waals surface area contributed by atoms with Gasteiger partial charge in [-0.15, -0.1) is 0 Å². The van der Waals surface area contributed by atoms with E-state index in [9.17, 15) is 9.90 Å². The van der Waals surface area contributed by atoms with Crippen LogP contribution in [0.25, 0.3) is 11.1 Å². The number of ether oxygens (including phenoxy) is 1. The van der Waals surface area contributed by atoms with E-state index in [1.54, 1.807) is 12.1 Å². The SMILES string of the molecule is O=C(O)[C@H](Cc1ccccc1)Oc1ccc(-c2ccc(Cl)cc2)cc1. The normalized spacial score (nSPS) is 11.7. The van der Waals surface area contributed by atoms with Gasteiger partial charge in [-0.05, 0) is 41.0 Å². The minimum atomic E-state index is -0.981. The minimum absolute atomic E-state index is 0.315. The highest BCUT2D eigenvalue weighted by Gasteiger charge is 2.20. The van der Waals surface area contributed by atoms with E-state index in [-0.39, 0.29) is 0 Å². The zero-order chi connectivity index (χ0) is 17.6. The molecule has 0 bridgehead atoms. The van der Waals surface area contributed by atoms with E-state index in [4.69, 9.17) is 16.3 Å². The van der Waals surface area contributed by atoms with Gasteiger partial charge in [0.2, 0.25) is 0 Å². The molecule has 1 atom stereocenters. The molecule has 0 unspecified atom stereocenters. The average Bonchev–Trinajstić information content (AvgIpc) is 2.63. The Morgan fingerprint density at radius 2 is 1.44 bits per heavy atom. The molecule has 0 aliphatic rings. The number of hydrogen-bond acceptors (Lipinski definition) is 2. The predicted molar refractivity (Wildman–Crippen MR) is 99.1 cm³/mol. The zero-order valence-corrected chi connectivity index (χ0v) is 14.2. The van der Waals surface area contributed by atoms with Gasteiger partial charge in [0.15, 0.2) is 6.10 Å².